The number of carbonyl (C=O) groups is 1. The van der Waals surface area contributed by atoms with Gasteiger partial charge in [0, 0.05) is 26.3 Å². The van der Waals surface area contributed by atoms with Crippen molar-refractivity contribution in [2.75, 3.05) is 26.0 Å². The molecule has 1 N–H and O–H groups in total. The first-order valence-electron chi connectivity index (χ1n) is 6.51. The second-order valence-corrected chi connectivity index (χ2v) is 7.24. The molecule has 0 amide bonds. The minimum Gasteiger partial charge on any atom is -0.481 e. The average Bonchev–Trinajstić information content (AvgIpc) is 2.27. The molecule has 0 spiro atoms. The third-order valence-electron chi connectivity index (χ3n) is 3.55. The van der Waals surface area contributed by atoms with E-state index in [4.69, 9.17) is 9.84 Å². The maximum absolute atomic E-state index is 12.3. The summed E-state index contributed by atoms with van der Waals surface area (Å²) in [5.74, 6) is -1.64. The van der Waals surface area contributed by atoms with Crippen LogP contribution in [0.25, 0.3) is 0 Å². The maximum Gasteiger partial charge on any atom is 0.308 e. The normalized spacial score (nSPS) is 27.1. The molecule has 1 aliphatic heterocycles. The van der Waals surface area contributed by atoms with E-state index in [-0.39, 0.29) is 11.7 Å². The second kappa shape index (κ2) is 6.67. The summed E-state index contributed by atoms with van der Waals surface area (Å²) in [4.78, 5) is 11.1. The van der Waals surface area contributed by atoms with Crippen molar-refractivity contribution in [1.29, 1.82) is 0 Å². The van der Waals surface area contributed by atoms with Crippen LogP contribution in [0.1, 0.15) is 26.7 Å². The zero-order valence-electron chi connectivity index (χ0n) is 11.7. The highest BCUT2D eigenvalue weighted by Gasteiger charge is 2.39. The Kier molecular flexibility index (Phi) is 5.76. The third-order valence-corrected chi connectivity index (χ3v) is 5.77. The molecule has 1 heterocycles. The van der Waals surface area contributed by atoms with Gasteiger partial charge >= 0.3 is 5.97 Å². The molecule has 1 rings (SSSR count). The number of ether oxygens (including phenoxy) is 1. The van der Waals surface area contributed by atoms with Gasteiger partial charge < -0.3 is 9.84 Å². The molecule has 6 nitrogen and oxygen atoms in total. The molecule has 0 saturated carbocycles. The van der Waals surface area contributed by atoms with E-state index in [9.17, 15) is 13.2 Å². The van der Waals surface area contributed by atoms with Crippen LogP contribution in [-0.4, -0.2) is 55.9 Å². The molecular weight excluding hydrogens is 270 g/mol. The first-order chi connectivity index (χ1) is 8.79. The van der Waals surface area contributed by atoms with Gasteiger partial charge in [0.05, 0.1) is 11.7 Å². The lowest BCUT2D eigenvalue weighted by atomic mass is 9.92. The smallest absolute Gasteiger partial charge is 0.308 e. The summed E-state index contributed by atoms with van der Waals surface area (Å²) < 4.78 is 30.9. The van der Waals surface area contributed by atoms with Gasteiger partial charge in [-0.3, -0.25) is 4.79 Å². The van der Waals surface area contributed by atoms with Crippen molar-refractivity contribution in [2.45, 2.75) is 32.7 Å². The molecular formula is C12H23NO5S. The number of methoxy groups -OCH3 is 1. The van der Waals surface area contributed by atoms with Crippen LogP contribution in [0, 0.1) is 11.8 Å². The van der Waals surface area contributed by atoms with E-state index in [2.05, 4.69) is 0 Å². The fourth-order valence-corrected chi connectivity index (χ4v) is 4.69. The van der Waals surface area contributed by atoms with Crippen LogP contribution in [-0.2, 0) is 19.6 Å². The lowest BCUT2D eigenvalue weighted by Crippen LogP contribution is -2.50. The minimum atomic E-state index is -3.43. The first kappa shape index (κ1) is 16.4. The largest absolute Gasteiger partial charge is 0.481 e. The molecule has 1 unspecified atom stereocenters. The lowest BCUT2D eigenvalue weighted by molar-refractivity contribution is -0.144. The summed E-state index contributed by atoms with van der Waals surface area (Å²) in [7, 11) is -1.90. The molecule has 0 aromatic heterocycles. The Morgan fingerprint density at radius 3 is 2.68 bits per heavy atom. The van der Waals surface area contributed by atoms with E-state index in [1.807, 2.05) is 6.92 Å². The van der Waals surface area contributed by atoms with Gasteiger partial charge in [0.25, 0.3) is 0 Å². The van der Waals surface area contributed by atoms with Gasteiger partial charge in [0.15, 0.2) is 0 Å². The Hall–Kier alpha value is -0.660. The molecule has 0 aliphatic carbocycles. The molecule has 0 bridgehead atoms. The van der Waals surface area contributed by atoms with Crippen LogP contribution in [0.2, 0.25) is 0 Å². The predicted molar refractivity (Wildman–Crippen MR) is 71.4 cm³/mol. The Balaban J connectivity index is 2.79. The van der Waals surface area contributed by atoms with E-state index in [1.54, 1.807) is 6.92 Å². The molecule has 0 aromatic carbocycles. The van der Waals surface area contributed by atoms with E-state index in [0.717, 1.165) is 0 Å². The molecule has 3 atom stereocenters. The Bertz CT molecular complexity index is 408. The number of aliphatic carboxylic acids is 1. The number of piperidine rings is 1. The summed E-state index contributed by atoms with van der Waals surface area (Å²) in [5, 5.41) is 9.12. The van der Waals surface area contributed by atoms with Crippen molar-refractivity contribution >= 4 is 16.0 Å². The van der Waals surface area contributed by atoms with Crippen LogP contribution >= 0.6 is 0 Å². The Morgan fingerprint density at radius 1 is 1.53 bits per heavy atom. The molecule has 7 heteroatoms. The number of hydrogen-bond donors (Lipinski definition) is 1. The summed E-state index contributed by atoms with van der Waals surface area (Å²) in [6.07, 6.45) is 1.13. The number of nitrogens with zero attached hydrogens (tertiary/aromatic N) is 1. The van der Waals surface area contributed by atoms with Gasteiger partial charge in [-0.25, -0.2) is 8.42 Å². The molecule has 112 valence electrons. The van der Waals surface area contributed by atoms with Gasteiger partial charge in [-0.2, -0.15) is 4.31 Å². The van der Waals surface area contributed by atoms with Gasteiger partial charge in [0.2, 0.25) is 10.0 Å². The van der Waals surface area contributed by atoms with Gasteiger partial charge in [0.1, 0.15) is 0 Å². The molecule has 0 aromatic rings. The van der Waals surface area contributed by atoms with Crippen LogP contribution in [0.3, 0.4) is 0 Å². The van der Waals surface area contributed by atoms with Crippen molar-refractivity contribution in [3.8, 4) is 0 Å². The van der Waals surface area contributed by atoms with Crippen LogP contribution < -0.4 is 0 Å². The number of rotatable bonds is 6. The minimum absolute atomic E-state index is 0.00246. The molecule has 1 aliphatic rings. The summed E-state index contributed by atoms with van der Waals surface area (Å²) in [6.45, 7) is 4.28. The second-order valence-electron chi connectivity index (χ2n) is 5.28. The molecule has 1 saturated heterocycles. The number of sulfonamides is 1. The van der Waals surface area contributed by atoms with Crippen LogP contribution in [0.15, 0.2) is 0 Å². The number of carboxylic acid groups (broad SMARTS) is 1. The SMILES string of the molecule is COCC(C)CS(=O)(=O)N1CCC[C@H](C(=O)O)[C@@H]1C. The first-order valence-corrected chi connectivity index (χ1v) is 8.11. The number of hydrogen-bond acceptors (Lipinski definition) is 4. The summed E-state index contributed by atoms with van der Waals surface area (Å²) in [5.41, 5.74) is 0. The van der Waals surface area contributed by atoms with Crippen molar-refractivity contribution in [3.05, 3.63) is 0 Å². The Morgan fingerprint density at radius 2 is 2.16 bits per heavy atom. The van der Waals surface area contributed by atoms with E-state index < -0.39 is 28.0 Å². The zero-order chi connectivity index (χ0) is 14.6. The fourth-order valence-electron chi connectivity index (χ4n) is 2.62. The van der Waals surface area contributed by atoms with E-state index in [0.29, 0.717) is 26.0 Å². The van der Waals surface area contributed by atoms with Gasteiger partial charge in [-0.1, -0.05) is 6.92 Å². The van der Waals surface area contributed by atoms with Crippen LogP contribution in [0.4, 0.5) is 0 Å². The van der Waals surface area contributed by atoms with E-state index >= 15 is 0 Å². The predicted octanol–water partition coefficient (Wildman–Crippen LogP) is 0.784. The molecule has 0 radical (unpaired) electrons. The van der Waals surface area contributed by atoms with Crippen molar-refractivity contribution in [3.63, 3.8) is 0 Å². The highest BCUT2D eigenvalue weighted by molar-refractivity contribution is 7.89. The van der Waals surface area contributed by atoms with Crippen molar-refractivity contribution < 1.29 is 23.1 Å². The molecule has 1 fully saturated rings. The summed E-state index contributed by atoms with van der Waals surface area (Å²) >= 11 is 0. The highest BCUT2D eigenvalue weighted by Crippen LogP contribution is 2.27. The standard InChI is InChI=1S/C12H23NO5S/c1-9(7-18-3)8-19(16,17)13-6-4-5-11(10(13)2)12(14)15/h9-11H,4-8H2,1-3H3,(H,14,15)/t9?,10-,11-/m0/s1. The number of carboxylic acids is 1. The topological polar surface area (TPSA) is 83.9 Å². The monoisotopic (exact) mass is 293 g/mol. The van der Waals surface area contributed by atoms with Gasteiger partial charge in [-0.05, 0) is 25.7 Å². The van der Waals surface area contributed by atoms with Gasteiger partial charge in [-0.15, -0.1) is 0 Å². The van der Waals surface area contributed by atoms with E-state index in [1.165, 1.54) is 11.4 Å². The highest BCUT2D eigenvalue weighted by atomic mass is 32.2. The third kappa shape index (κ3) is 4.15. The lowest BCUT2D eigenvalue weighted by Gasteiger charge is -2.36. The quantitative estimate of drug-likeness (QED) is 0.782. The Labute approximate surface area is 114 Å². The van der Waals surface area contributed by atoms with Crippen molar-refractivity contribution in [2.24, 2.45) is 11.8 Å². The molecule has 19 heavy (non-hydrogen) atoms. The zero-order valence-corrected chi connectivity index (χ0v) is 12.5. The average molecular weight is 293 g/mol. The maximum atomic E-state index is 12.3. The summed E-state index contributed by atoms with van der Waals surface area (Å²) in [6, 6.07) is -0.481. The van der Waals surface area contributed by atoms with Crippen LogP contribution in [0.5, 0.6) is 0 Å². The van der Waals surface area contributed by atoms with Crippen molar-refractivity contribution in [1.82, 2.24) is 4.31 Å². The fraction of sp³-hybridized carbons (Fsp3) is 0.917.